The van der Waals surface area contributed by atoms with Crippen molar-refractivity contribution in [3.8, 4) is 0 Å². The maximum Gasteiger partial charge on any atom is 0.350 e. The first-order chi connectivity index (χ1) is 15.9. The zero-order valence-electron chi connectivity index (χ0n) is 18.4. The molecule has 0 bridgehead atoms. The molecule has 0 aromatic carbocycles. The van der Waals surface area contributed by atoms with E-state index in [1.807, 2.05) is 0 Å². The van der Waals surface area contributed by atoms with E-state index in [0.717, 1.165) is 12.8 Å². The molecule has 1 saturated carbocycles. The highest BCUT2D eigenvalue weighted by atomic mass is 16.7. The minimum atomic E-state index is -1.23. The standard InChI is InChI=1S/C21H27N5O7/c1-10(27)30-16-14-15(17(21(29)33-14)31-11(2)28)32-20(16)26-9-24-13-18(22-8-23-19(13)26)25-12-6-4-3-5-7-12/h8-9,12,14-18,20,25H,3-7H2,1-2H3,(H,22,23)/t14-,15-,16-,17-,18-,20+/m1/s1. The monoisotopic (exact) mass is 461 g/mol. The number of anilines is 1. The molecule has 12 heteroatoms. The number of rotatable bonds is 5. The molecule has 2 N–H and O–H groups in total. The SMILES string of the molecule is CC(=O)O[C@@H]1[C@@H]2OC(=O)[C@H](OC(C)=O)[C@@H]2O[C@@H]1n1cnc2c1NC=N[C@@H]2NC1CCCCC1. The Morgan fingerprint density at radius 1 is 1.15 bits per heavy atom. The Balaban J connectivity index is 1.41. The molecule has 0 amide bonds. The predicted octanol–water partition coefficient (Wildman–Crippen LogP) is 0.944. The number of aromatic nitrogens is 2. The van der Waals surface area contributed by atoms with Crippen LogP contribution in [0.2, 0.25) is 0 Å². The summed E-state index contributed by atoms with van der Waals surface area (Å²) in [5.41, 5.74) is 0.693. The summed E-state index contributed by atoms with van der Waals surface area (Å²) in [5.74, 6) is -1.29. The highest BCUT2D eigenvalue weighted by Gasteiger charge is 2.61. The number of ether oxygens (including phenoxy) is 4. The van der Waals surface area contributed by atoms with Crippen molar-refractivity contribution in [1.29, 1.82) is 0 Å². The minimum Gasteiger partial charge on any atom is -0.454 e. The molecule has 4 aliphatic rings. The van der Waals surface area contributed by atoms with E-state index in [2.05, 4.69) is 20.6 Å². The van der Waals surface area contributed by atoms with Gasteiger partial charge in [0.1, 0.15) is 23.8 Å². The van der Waals surface area contributed by atoms with Crippen LogP contribution in [-0.4, -0.2) is 64.3 Å². The zero-order chi connectivity index (χ0) is 23.1. The molecule has 0 spiro atoms. The van der Waals surface area contributed by atoms with Crippen LogP contribution in [0.25, 0.3) is 0 Å². The van der Waals surface area contributed by atoms with Crippen LogP contribution < -0.4 is 10.6 Å². The van der Waals surface area contributed by atoms with Gasteiger partial charge in [-0.2, -0.15) is 0 Å². The van der Waals surface area contributed by atoms with Crippen molar-refractivity contribution in [2.75, 3.05) is 5.32 Å². The number of nitrogens with zero attached hydrogens (tertiary/aromatic N) is 3. The smallest absolute Gasteiger partial charge is 0.350 e. The molecule has 4 heterocycles. The Hall–Kier alpha value is -2.99. The van der Waals surface area contributed by atoms with Crippen LogP contribution in [-0.2, 0) is 33.3 Å². The van der Waals surface area contributed by atoms with E-state index in [9.17, 15) is 14.4 Å². The van der Waals surface area contributed by atoms with Gasteiger partial charge in [-0.25, -0.2) is 14.8 Å². The van der Waals surface area contributed by atoms with Crippen LogP contribution in [0.4, 0.5) is 5.82 Å². The summed E-state index contributed by atoms with van der Waals surface area (Å²) in [6.07, 6.45) is 3.85. The van der Waals surface area contributed by atoms with Gasteiger partial charge in [-0.05, 0) is 12.8 Å². The van der Waals surface area contributed by atoms with Gasteiger partial charge in [0.25, 0.3) is 0 Å². The fourth-order valence-electron chi connectivity index (χ4n) is 4.99. The molecule has 0 unspecified atom stereocenters. The molecule has 33 heavy (non-hydrogen) atoms. The van der Waals surface area contributed by atoms with Crippen LogP contribution in [0.3, 0.4) is 0 Å². The van der Waals surface area contributed by atoms with Crippen molar-refractivity contribution in [2.24, 2.45) is 4.99 Å². The number of aliphatic imine (C=N–C) groups is 1. The first-order valence-electron chi connectivity index (χ1n) is 11.2. The Bertz CT molecular complexity index is 972. The number of esters is 3. The molecule has 5 rings (SSSR count). The van der Waals surface area contributed by atoms with Crippen molar-refractivity contribution in [3.05, 3.63) is 12.0 Å². The van der Waals surface area contributed by atoms with Crippen molar-refractivity contribution in [3.63, 3.8) is 0 Å². The summed E-state index contributed by atoms with van der Waals surface area (Å²) in [6.45, 7) is 2.47. The largest absolute Gasteiger partial charge is 0.454 e. The van der Waals surface area contributed by atoms with Crippen LogP contribution >= 0.6 is 0 Å². The van der Waals surface area contributed by atoms with E-state index in [1.165, 1.54) is 33.1 Å². The minimum absolute atomic E-state index is 0.315. The van der Waals surface area contributed by atoms with E-state index in [0.29, 0.717) is 17.6 Å². The van der Waals surface area contributed by atoms with Crippen molar-refractivity contribution in [2.45, 2.75) is 88.8 Å². The third-order valence-corrected chi connectivity index (χ3v) is 6.38. The van der Waals surface area contributed by atoms with Gasteiger partial charge in [-0.1, -0.05) is 19.3 Å². The fourth-order valence-corrected chi connectivity index (χ4v) is 4.99. The molecule has 0 radical (unpaired) electrons. The van der Waals surface area contributed by atoms with Gasteiger partial charge >= 0.3 is 17.9 Å². The molecule has 1 aromatic heterocycles. The molecule has 1 aliphatic carbocycles. The average Bonchev–Trinajstić information content (AvgIpc) is 3.43. The van der Waals surface area contributed by atoms with Crippen molar-refractivity contribution >= 4 is 30.1 Å². The summed E-state index contributed by atoms with van der Waals surface area (Å²) >= 11 is 0. The molecular weight excluding hydrogens is 434 g/mol. The summed E-state index contributed by atoms with van der Waals surface area (Å²) in [5, 5.41) is 6.67. The fraction of sp³-hybridized carbons (Fsp3) is 0.667. The molecule has 178 valence electrons. The number of imidazole rings is 1. The summed E-state index contributed by atoms with van der Waals surface area (Å²) in [7, 11) is 0. The first-order valence-corrected chi connectivity index (χ1v) is 11.2. The van der Waals surface area contributed by atoms with E-state index < -0.39 is 48.6 Å². The number of carbonyl (C=O) groups is 3. The van der Waals surface area contributed by atoms with Crippen molar-refractivity contribution in [1.82, 2.24) is 14.9 Å². The third-order valence-electron chi connectivity index (χ3n) is 6.38. The lowest BCUT2D eigenvalue weighted by atomic mass is 9.95. The number of fused-ring (bicyclic) bond motifs is 2. The highest BCUT2D eigenvalue weighted by molar-refractivity contribution is 5.82. The normalized spacial score (nSPS) is 33.1. The topological polar surface area (TPSA) is 142 Å². The lowest BCUT2D eigenvalue weighted by molar-refractivity contribution is -0.174. The summed E-state index contributed by atoms with van der Waals surface area (Å²) in [6, 6.07) is 0.372. The van der Waals surface area contributed by atoms with Gasteiger partial charge in [0, 0.05) is 19.9 Å². The number of hydrogen-bond acceptors (Lipinski definition) is 11. The molecular formula is C21H27N5O7. The molecule has 6 atom stereocenters. The van der Waals surface area contributed by atoms with Gasteiger partial charge in [0.2, 0.25) is 6.10 Å². The Kier molecular flexibility index (Phi) is 5.79. The van der Waals surface area contributed by atoms with Crippen LogP contribution in [0.5, 0.6) is 0 Å². The molecule has 2 saturated heterocycles. The summed E-state index contributed by atoms with van der Waals surface area (Å²) < 4.78 is 23.8. The lowest BCUT2D eigenvalue weighted by Gasteiger charge is -2.29. The van der Waals surface area contributed by atoms with Crippen LogP contribution in [0.15, 0.2) is 11.3 Å². The predicted molar refractivity (Wildman–Crippen MR) is 112 cm³/mol. The average molecular weight is 461 g/mol. The van der Waals surface area contributed by atoms with E-state index >= 15 is 0 Å². The Morgan fingerprint density at radius 2 is 1.91 bits per heavy atom. The van der Waals surface area contributed by atoms with Crippen LogP contribution in [0, 0.1) is 0 Å². The number of nitrogens with one attached hydrogen (secondary N) is 2. The highest BCUT2D eigenvalue weighted by Crippen LogP contribution is 2.42. The third kappa shape index (κ3) is 4.08. The van der Waals surface area contributed by atoms with Gasteiger partial charge < -0.3 is 24.3 Å². The van der Waals surface area contributed by atoms with E-state index in [1.54, 1.807) is 17.2 Å². The number of carbonyl (C=O) groups excluding carboxylic acids is 3. The quantitative estimate of drug-likeness (QED) is 0.480. The lowest BCUT2D eigenvalue weighted by Crippen LogP contribution is -2.37. The van der Waals surface area contributed by atoms with Crippen LogP contribution in [0.1, 0.15) is 64.0 Å². The van der Waals surface area contributed by atoms with Crippen molar-refractivity contribution < 1.29 is 33.3 Å². The van der Waals surface area contributed by atoms with E-state index in [-0.39, 0.29) is 6.17 Å². The van der Waals surface area contributed by atoms with Gasteiger partial charge in [0.15, 0.2) is 18.4 Å². The van der Waals surface area contributed by atoms with Gasteiger partial charge in [-0.15, -0.1) is 0 Å². The maximum absolute atomic E-state index is 12.2. The van der Waals surface area contributed by atoms with E-state index in [4.69, 9.17) is 18.9 Å². The maximum atomic E-state index is 12.2. The molecule has 3 fully saturated rings. The second-order valence-electron chi connectivity index (χ2n) is 8.71. The zero-order valence-corrected chi connectivity index (χ0v) is 18.4. The Morgan fingerprint density at radius 3 is 2.64 bits per heavy atom. The first kappa shape index (κ1) is 21.8. The molecule has 12 nitrogen and oxygen atoms in total. The second-order valence-corrected chi connectivity index (χ2v) is 8.71. The molecule has 1 aromatic rings. The summed E-state index contributed by atoms with van der Waals surface area (Å²) in [4.78, 5) is 44.6. The van der Waals surface area contributed by atoms with Gasteiger partial charge in [0.05, 0.1) is 12.7 Å². The number of hydrogen-bond donors (Lipinski definition) is 2. The second kappa shape index (κ2) is 8.75. The Labute approximate surface area is 190 Å². The molecule has 3 aliphatic heterocycles. The van der Waals surface area contributed by atoms with Gasteiger partial charge in [-0.3, -0.25) is 19.5 Å².